The molecule has 0 aromatic carbocycles. The lowest BCUT2D eigenvalue weighted by atomic mass is 10.1. The molecule has 1 N–H and O–H groups in total. The van der Waals surface area contributed by atoms with Crippen molar-refractivity contribution in [3.8, 4) is 0 Å². The first-order chi connectivity index (χ1) is 8.94. The fourth-order valence-electron chi connectivity index (χ4n) is 2.15. The standard InChI is InChI=1S/C15H26N2OS/c1-6-18-15(4,5)14-17-13(10(2)3)12(19-14)9-16-11-7-8-11/h10-11,16H,6-9H2,1-5H3. The van der Waals surface area contributed by atoms with Crippen LogP contribution >= 0.6 is 11.3 Å². The van der Waals surface area contributed by atoms with Crippen LogP contribution in [-0.4, -0.2) is 17.6 Å². The van der Waals surface area contributed by atoms with Gasteiger partial charge in [-0.1, -0.05) is 13.8 Å². The van der Waals surface area contributed by atoms with Crippen LogP contribution in [-0.2, 0) is 16.9 Å². The smallest absolute Gasteiger partial charge is 0.125 e. The topological polar surface area (TPSA) is 34.1 Å². The highest BCUT2D eigenvalue weighted by molar-refractivity contribution is 7.11. The Balaban J connectivity index is 2.17. The van der Waals surface area contributed by atoms with E-state index in [1.807, 2.05) is 6.92 Å². The van der Waals surface area contributed by atoms with Crippen LogP contribution in [0.3, 0.4) is 0 Å². The van der Waals surface area contributed by atoms with Crippen LogP contribution in [0.2, 0.25) is 0 Å². The van der Waals surface area contributed by atoms with Gasteiger partial charge in [0, 0.05) is 24.1 Å². The van der Waals surface area contributed by atoms with Crippen LogP contribution in [0.4, 0.5) is 0 Å². The molecular weight excluding hydrogens is 256 g/mol. The number of aromatic nitrogens is 1. The zero-order valence-corrected chi connectivity index (χ0v) is 13.6. The molecule has 4 heteroatoms. The van der Waals surface area contributed by atoms with Crippen LogP contribution in [0.1, 0.15) is 69.0 Å². The van der Waals surface area contributed by atoms with Crippen molar-refractivity contribution in [2.75, 3.05) is 6.61 Å². The Morgan fingerprint density at radius 1 is 1.42 bits per heavy atom. The first-order valence-electron chi connectivity index (χ1n) is 7.31. The van der Waals surface area contributed by atoms with E-state index in [9.17, 15) is 0 Å². The van der Waals surface area contributed by atoms with E-state index in [0.717, 1.165) is 24.2 Å². The largest absolute Gasteiger partial charge is 0.369 e. The Morgan fingerprint density at radius 3 is 2.63 bits per heavy atom. The summed E-state index contributed by atoms with van der Waals surface area (Å²) in [6, 6.07) is 0.741. The van der Waals surface area contributed by atoms with Gasteiger partial charge in [0.2, 0.25) is 0 Å². The molecule has 1 heterocycles. The van der Waals surface area contributed by atoms with E-state index in [2.05, 4.69) is 33.0 Å². The summed E-state index contributed by atoms with van der Waals surface area (Å²) in [7, 11) is 0. The zero-order chi connectivity index (χ0) is 14.0. The van der Waals surface area contributed by atoms with E-state index in [4.69, 9.17) is 9.72 Å². The zero-order valence-electron chi connectivity index (χ0n) is 12.7. The first kappa shape index (κ1) is 14.9. The summed E-state index contributed by atoms with van der Waals surface area (Å²) >= 11 is 1.81. The maximum Gasteiger partial charge on any atom is 0.125 e. The number of nitrogens with one attached hydrogen (secondary N) is 1. The molecule has 1 aromatic heterocycles. The molecule has 19 heavy (non-hydrogen) atoms. The first-order valence-corrected chi connectivity index (χ1v) is 8.13. The van der Waals surface area contributed by atoms with E-state index >= 15 is 0 Å². The third-order valence-corrected chi connectivity index (χ3v) is 4.80. The predicted octanol–water partition coefficient (Wildman–Crippen LogP) is 3.79. The van der Waals surface area contributed by atoms with Gasteiger partial charge in [0.1, 0.15) is 10.6 Å². The molecule has 2 rings (SSSR count). The third-order valence-electron chi connectivity index (χ3n) is 3.42. The SMILES string of the molecule is CCOC(C)(C)c1nc(C(C)C)c(CNC2CC2)s1. The number of hydrogen-bond acceptors (Lipinski definition) is 4. The third kappa shape index (κ3) is 3.77. The number of thiazole rings is 1. The van der Waals surface area contributed by atoms with E-state index in [-0.39, 0.29) is 5.60 Å². The molecule has 0 bridgehead atoms. The van der Waals surface area contributed by atoms with Gasteiger partial charge in [-0.2, -0.15) is 0 Å². The van der Waals surface area contributed by atoms with Crippen molar-refractivity contribution in [3.63, 3.8) is 0 Å². The monoisotopic (exact) mass is 282 g/mol. The van der Waals surface area contributed by atoms with Gasteiger partial charge in [0.15, 0.2) is 0 Å². The van der Waals surface area contributed by atoms with E-state index in [0.29, 0.717) is 5.92 Å². The molecule has 0 radical (unpaired) electrons. The van der Waals surface area contributed by atoms with Crippen LogP contribution in [0.15, 0.2) is 0 Å². The minimum absolute atomic E-state index is 0.277. The van der Waals surface area contributed by atoms with Crippen molar-refractivity contribution in [1.82, 2.24) is 10.3 Å². The summed E-state index contributed by atoms with van der Waals surface area (Å²) in [5.74, 6) is 0.471. The van der Waals surface area contributed by atoms with Gasteiger partial charge in [0.05, 0.1) is 5.69 Å². The lowest BCUT2D eigenvalue weighted by Gasteiger charge is -2.21. The average molecular weight is 282 g/mol. The van der Waals surface area contributed by atoms with E-state index in [1.54, 1.807) is 11.3 Å². The molecule has 1 aliphatic rings. The second-order valence-electron chi connectivity index (χ2n) is 6.08. The molecule has 1 saturated carbocycles. The van der Waals surface area contributed by atoms with Gasteiger partial charge < -0.3 is 10.1 Å². The van der Waals surface area contributed by atoms with Crippen molar-refractivity contribution in [2.45, 2.75) is 71.6 Å². The fourth-order valence-corrected chi connectivity index (χ4v) is 3.37. The van der Waals surface area contributed by atoms with Crippen molar-refractivity contribution in [1.29, 1.82) is 0 Å². The lowest BCUT2D eigenvalue weighted by molar-refractivity contribution is -0.0142. The van der Waals surface area contributed by atoms with Gasteiger partial charge >= 0.3 is 0 Å². The quantitative estimate of drug-likeness (QED) is 0.826. The maximum atomic E-state index is 5.83. The van der Waals surface area contributed by atoms with E-state index in [1.165, 1.54) is 23.4 Å². The summed E-state index contributed by atoms with van der Waals surface area (Å²) in [5.41, 5.74) is 0.960. The molecule has 0 aliphatic heterocycles. The van der Waals surface area contributed by atoms with Gasteiger partial charge in [0.25, 0.3) is 0 Å². The molecule has 0 amide bonds. The molecule has 1 aliphatic carbocycles. The molecule has 1 fully saturated rings. The highest BCUT2D eigenvalue weighted by Gasteiger charge is 2.28. The van der Waals surface area contributed by atoms with Crippen molar-refractivity contribution in [3.05, 3.63) is 15.6 Å². The molecule has 0 saturated heterocycles. The minimum Gasteiger partial charge on any atom is -0.369 e. The van der Waals surface area contributed by atoms with Gasteiger partial charge in [-0.3, -0.25) is 0 Å². The van der Waals surface area contributed by atoms with Crippen LogP contribution < -0.4 is 5.32 Å². The Kier molecular flexibility index (Phi) is 4.64. The van der Waals surface area contributed by atoms with E-state index < -0.39 is 0 Å². The van der Waals surface area contributed by atoms with Crippen molar-refractivity contribution in [2.24, 2.45) is 0 Å². The lowest BCUT2D eigenvalue weighted by Crippen LogP contribution is -2.21. The normalized spacial score (nSPS) is 16.3. The molecule has 0 unspecified atom stereocenters. The highest BCUT2D eigenvalue weighted by atomic mass is 32.1. The number of nitrogens with zero attached hydrogens (tertiary/aromatic N) is 1. The molecular formula is C15H26N2OS. The minimum atomic E-state index is -0.277. The van der Waals surface area contributed by atoms with Crippen LogP contribution in [0, 0.1) is 0 Å². The van der Waals surface area contributed by atoms with Gasteiger partial charge in [-0.05, 0) is 39.5 Å². The molecule has 0 atom stereocenters. The Hall–Kier alpha value is -0.450. The predicted molar refractivity (Wildman–Crippen MR) is 80.7 cm³/mol. The summed E-state index contributed by atoms with van der Waals surface area (Å²) < 4.78 is 5.83. The summed E-state index contributed by atoms with van der Waals surface area (Å²) in [6.07, 6.45) is 2.65. The van der Waals surface area contributed by atoms with Crippen molar-refractivity contribution >= 4 is 11.3 Å². The number of ether oxygens (including phenoxy) is 1. The second-order valence-corrected chi connectivity index (χ2v) is 7.16. The molecule has 108 valence electrons. The highest BCUT2D eigenvalue weighted by Crippen LogP contribution is 2.34. The Labute approximate surface area is 120 Å². The summed E-state index contributed by atoms with van der Waals surface area (Å²) in [5, 5.41) is 4.70. The molecule has 1 aromatic rings. The average Bonchev–Trinajstić information content (AvgIpc) is 3.03. The Morgan fingerprint density at radius 2 is 2.11 bits per heavy atom. The second kappa shape index (κ2) is 5.90. The maximum absolute atomic E-state index is 5.83. The van der Waals surface area contributed by atoms with Gasteiger partial charge in [-0.25, -0.2) is 4.98 Å². The van der Waals surface area contributed by atoms with Crippen molar-refractivity contribution < 1.29 is 4.74 Å². The number of hydrogen-bond donors (Lipinski definition) is 1. The Bertz CT molecular complexity index is 422. The molecule has 3 nitrogen and oxygen atoms in total. The number of rotatable bonds is 7. The van der Waals surface area contributed by atoms with Crippen LogP contribution in [0.25, 0.3) is 0 Å². The summed E-state index contributed by atoms with van der Waals surface area (Å²) in [6.45, 7) is 12.4. The van der Waals surface area contributed by atoms with Gasteiger partial charge in [-0.15, -0.1) is 11.3 Å². The van der Waals surface area contributed by atoms with Crippen LogP contribution in [0.5, 0.6) is 0 Å². The summed E-state index contributed by atoms with van der Waals surface area (Å²) in [4.78, 5) is 6.23. The fraction of sp³-hybridized carbons (Fsp3) is 0.800. The molecule has 0 spiro atoms.